The molecule has 0 saturated carbocycles. The highest BCUT2D eigenvalue weighted by Crippen LogP contribution is 2.36. The number of carbonyl (C=O) groups excluding carboxylic acids is 2. The Labute approximate surface area is 146 Å². The lowest BCUT2D eigenvalue weighted by molar-refractivity contribution is -0.140. The molecule has 0 radical (unpaired) electrons. The van der Waals surface area contributed by atoms with E-state index in [0.29, 0.717) is 0 Å². The molecule has 0 amide bonds. The molecule has 1 aromatic carbocycles. The largest absolute Gasteiger partial charge is 0.466 e. The number of hydrogen-bond acceptors (Lipinski definition) is 7. The van der Waals surface area contributed by atoms with Gasteiger partial charge in [-0.2, -0.15) is 0 Å². The molecule has 2 aliphatic heterocycles. The fourth-order valence-electron chi connectivity index (χ4n) is 3.25. The molecule has 1 fully saturated rings. The standard InChI is InChI=1S/C18H22N2O5/c1-23-17(21)13-11-25-12-20(16(13)18(22)24-2)15-8-4-3-7-14(15)19-9-5-6-10-19/h3-4,7-8H,5-6,9-12H2,1-2H3. The van der Waals surface area contributed by atoms with Gasteiger partial charge >= 0.3 is 11.9 Å². The number of hydrogen-bond donors (Lipinski definition) is 0. The monoisotopic (exact) mass is 346 g/mol. The summed E-state index contributed by atoms with van der Waals surface area (Å²) in [6.07, 6.45) is 2.27. The maximum Gasteiger partial charge on any atom is 0.355 e. The first-order chi connectivity index (χ1) is 12.2. The molecule has 1 aromatic rings. The van der Waals surface area contributed by atoms with Gasteiger partial charge in [-0.15, -0.1) is 0 Å². The Morgan fingerprint density at radius 3 is 2.28 bits per heavy atom. The Morgan fingerprint density at radius 2 is 1.64 bits per heavy atom. The molecular weight excluding hydrogens is 324 g/mol. The van der Waals surface area contributed by atoms with Crippen molar-refractivity contribution < 1.29 is 23.8 Å². The van der Waals surface area contributed by atoms with E-state index in [2.05, 4.69) is 4.90 Å². The van der Waals surface area contributed by atoms with Crippen molar-refractivity contribution in [3.63, 3.8) is 0 Å². The summed E-state index contributed by atoms with van der Waals surface area (Å²) in [5.41, 5.74) is 2.16. The van der Waals surface area contributed by atoms with Gasteiger partial charge in [0.05, 0.1) is 37.8 Å². The van der Waals surface area contributed by atoms with Crippen molar-refractivity contribution in [2.45, 2.75) is 12.8 Å². The van der Waals surface area contributed by atoms with Crippen molar-refractivity contribution in [3.8, 4) is 0 Å². The van der Waals surface area contributed by atoms with Crippen LogP contribution in [0.25, 0.3) is 0 Å². The molecule has 0 bridgehead atoms. The normalized spacial score (nSPS) is 17.7. The third-order valence-electron chi connectivity index (χ3n) is 4.45. The molecule has 25 heavy (non-hydrogen) atoms. The minimum atomic E-state index is -0.594. The number of para-hydroxylation sites is 2. The van der Waals surface area contributed by atoms with Gasteiger partial charge in [0, 0.05) is 13.1 Å². The van der Waals surface area contributed by atoms with Gasteiger partial charge in [0.25, 0.3) is 0 Å². The van der Waals surface area contributed by atoms with Crippen molar-refractivity contribution in [3.05, 3.63) is 35.5 Å². The highest BCUT2D eigenvalue weighted by Gasteiger charge is 2.34. The lowest BCUT2D eigenvalue weighted by Crippen LogP contribution is -2.39. The first-order valence-corrected chi connectivity index (χ1v) is 8.26. The van der Waals surface area contributed by atoms with E-state index < -0.39 is 11.9 Å². The Hall–Kier alpha value is -2.54. The number of esters is 2. The van der Waals surface area contributed by atoms with Crippen LogP contribution in [0.2, 0.25) is 0 Å². The van der Waals surface area contributed by atoms with Crippen LogP contribution < -0.4 is 9.80 Å². The van der Waals surface area contributed by atoms with Gasteiger partial charge in [-0.25, -0.2) is 9.59 Å². The van der Waals surface area contributed by atoms with Crippen LogP contribution in [-0.2, 0) is 23.8 Å². The Morgan fingerprint density at radius 1 is 1.00 bits per heavy atom. The lowest BCUT2D eigenvalue weighted by atomic mass is 10.1. The summed E-state index contributed by atoms with van der Waals surface area (Å²) >= 11 is 0. The summed E-state index contributed by atoms with van der Waals surface area (Å²) in [5, 5.41) is 0. The number of nitrogens with zero attached hydrogens (tertiary/aromatic N) is 2. The third-order valence-corrected chi connectivity index (χ3v) is 4.45. The minimum Gasteiger partial charge on any atom is -0.466 e. The zero-order valence-corrected chi connectivity index (χ0v) is 14.5. The molecule has 7 nitrogen and oxygen atoms in total. The van der Waals surface area contributed by atoms with Gasteiger partial charge in [-0.1, -0.05) is 12.1 Å². The van der Waals surface area contributed by atoms with E-state index in [1.165, 1.54) is 14.2 Å². The second kappa shape index (κ2) is 7.57. The second-order valence-corrected chi connectivity index (χ2v) is 5.90. The second-order valence-electron chi connectivity index (χ2n) is 5.90. The molecule has 1 saturated heterocycles. The van der Waals surface area contributed by atoms with Crippen LogP contribution in [0, 0.1) is 0 Å². The van der Waals surface area contributed by atoms with Crippen molar-refractivity contribution in [2.75, 3.05) is 50.4 Å². The topological polar surface area (TPSA) is 68.3 Å². The highest BCUT2D eigenvalue weighted by molar-refractivity contribution is 6.04. The van der Waals surface area contributed by atoms with Gasteiger partial charge in [-0.3, -0.25) is 0 Å². The fraction of sp³-hybridized carbons (Fsp3) is 0.444. The molecule has 134 valence electrons. The average molecular weight is 346 g/mol. The zero-order chi connectivity index (χ0) is 17.8. The molecule has 0 atom stereocenters. The van der Waals surface area contributed by atoms with Crippen molar-refractivity contribution >= 4 is 23.3 Å². The molecule has 0 aromatic heterocycles. The van der Waals surface area contributed by atoms with Crippen molar-refractivity contribution in [1.29, 1.82) is 0 Å². The maximum absolute atomic E-state index is 12.4. The molecule has 0 spiro atoms. The first-order valence-electron chi connectivity index (χ1n) is 8.26. The Kier molecular flexibility index (Phi) is 5.23. The smallest absolute Gasteiger partial charge is 0.355 e. The van der Waals surface area contributed by atoms with Crippen LogP contribution in [0.5, 0.6) is 0 Å². The summed E-state index contributed by atoms with van der Waals surface area (Å²) in [6, 6.07) is 7.79. The van der Waals surface area contributed by atoms with E-state index >= 15 is 0 Å². The summed E-state index contributed by atoms with van der Waals surface area (Å²) < 4.78 is 15.3. The van der Waals surface area contributed by atoms with E-state index in [1.54, 1.807) is 4.90 Å². The van der Waals surface area contributed by atoms with Gasteiger partial charge in [0.2, 0.25) is 0 Å². The zero-order valence-electron chi connectivity index (χ0n) is 14.5. The van der Waals surface area contributed by atoms with Crippen LogP contribution in [-0.4, -0.2) is 52.6 Å². The third kappa shape index (κ3) is 3.32. The first kappa shape index (κ1) is 17.3. The van der Waals surface area contributed by atoms with E-state index in [1.807, 2.05) is 24.3 Å². The summed E-state index contributed by atoms with van der Waals surface area (Å²) in [5.74, 6) is -1.18. The summed E-state index contributed by atoms with van der Waals surface area (Å²) in [6.45, 7) is 2.11. The molecule has 2 heterocycles. The van der Waals surface area contributed by atoms with E-state index in [0.717, 1.165) is 37.3 Å². The summed E-state index contributed by atoms with van der Waals surface area (Å²) in [4.78, 5) is 28.5. The predicted molar refractivity (Wildman–Crippen MR) is 92.2 cm³/mol. The van der Waals surface area contributed by atoms with Gasteiger partial charge < -0.3 is 24.0 Å². The SMILES string of the molecule is COC(=O)C1=C(C(=O)OC)N(c2ccccc2N2CCCC2)COC1. The average Bonchev–Trinajstić information content (AvgIpc) is 3.20. The lowest BCUT2D eigenvalue weighted by Gasteiger charge is -2.34. The molecule has 0 unspecified atom stereocenters. The van der Waals surface area contributed by atoms with Crippen LogP contribution in [0.15, 0.2) is 35.5 Å². The minimum absolute atomic E-state index is 0.0134. The molecule has 3 rings (SSSR count). The van der Waals surface area contributed by atoms with Crippen molar-refractivity contribution in [2.24, 2.45) is 0 Å². The predicted octanol–water partition coefficient (Wildman–Crippen LogP) is 1.68. The fourth-order valence-corrected chi connectivity index (χ4v) is 3.25. The number of methoxy groups -OCH3 is 2. The number of carbonyl (C=O) groups is 2. The van der Waals surface area contributed by atoms with Crippen molar-refractivity contribution in [1.82, 2.24) is 0 Å². The van der Waals surface area contributed by atoms with E-state index in [9.17, 15) is 9.59 Å². The molecular formula is C18H22N2O5. The Bertz CT molecular complexity index is 694. The van der Waals surface area contributed by atoms with Gasteiger partial charge in [0.15, 0.2) is 0 Å². The highest BCUT2D eigenvalue weighted by atomic mass is 16.5. The van der Waals surface area contributed by atoms with E-state index in [-0.39, 0.29) is 24.6 Å². The van der Waals surface area contributed by atoms with Crippen LogP contribution in [0.4, 0.5) is 11.4 Å². The number of benzene rings is 1. The number of ether oxygens (including phenoxy) is 3. The maximum atomic E-state index is 12.4. The summed E-state index contributed by atoms with van der Waals surface area (Å²) in [7, 11) is 2.58. The van der Waals surface area contributed by atoms with Crippen LogP contribution in [0.3, 0.4) is 0 Å². The Balaban J connectivity index is 2.08. The van der Waals surface area contributed by atoms with E-state index in [4.69, 9.17) is 14.2 Å². The van der Waals surface area contributed by atoms with Gasteiger partial charge in [-0.05, 0) is 25.0 Å². The van der Waals surface area contributed by atoms with Gasteiger partial charge in [0.1, 0.15) is 12.4 Å². The van der Waals surface area contributed by atoms with Crippen LogP contribution in [0.1, 0.15) is 12.8 Å². The van der Waals surface area contributed by atoms with Crippen LogP contribution >= 0.6 is 0 Å². The molecule has 0 aliphatic carbocycles. The number of rotatable bonds is 4. The molecule has 2 aliphatic rings. The quantitative estimate of drug-likeness (QED) is 0.768. The molecule has 7 heteroatoms. The molecule has 0 N–H and O–H groups in total. The number of anilines is 2.